The number of unbranched alkanes of at least 4 members (excludes halogenated alkanes) is 2. The van der Waals surface area contributed by atoms with E-state index in [2.05, 4.69) is 0 Å². The van der Waals surface area contributed by atoms with Crippen molar-refractivity contribution in [2.45, 2.75) is 32.1 Å². The molecule has 0 aliphatic heterocycles. The number of hydrogen-bond acceptors (Lipinski definition) is 4. The Labute approximate surface area is 101 Å². The molecule has 0 radical (unpaired) electrons. The fourth-order valence-electron chi connectivity index (χ4n) is 1.11. The van der Waals surface area contributed by atoms with Crippen LogP contribution in [0.3, 0.4) is 0 Å². The van der Waals surface area contributed by atoms with E-state index in [1.807, 2.05) is 0 Å². The molecule has 0 aliphatic carbocycles. The first kappa shape index (κ1) is 15.9. The molecule has 100 valence electrons. The molecule has 0 saturated heterocycles. The van der Waals surface area contributed by atoms with Crippen LogP contribution in [0.5, 0.6) is 0 Å². The molecule has 0 aromatic rings. The van der Waals surface area contributed by atoms with Crippen LogP contribution in [-0.2, 0) is 19.1 Å². The number of carboxylic acids is 2. The predicted octanol–water partition coefficient (Wildman–Crippen LogP) is 1.14. The summed E-state index contributed by atoms with van der Waals surface area (Å²) in [5.74, 6) is -1.70. The number of ether oxygens (including phenoxy) is 2. The van der Waals surface area contributed by atoms with Crippen molar-refractivity contribution in [2.75, 3.05) is 26.4 Å². The molecule has 0 atom stereocenters. The van der Waals surface area contributed by atoms with Crippen molar-refractivity contribution in [3.8, 4) is 0 Å². The summed E-state index contributed by atoms with van der Waals surface area (Å²) in [5, 5.41) is 16.7. The van der Waals surface area contributed by atoms with Crippen molar-refractivity contribution >= 4 is 11.9 Å². The Morgan fingerprint density at radius 2 is 1.12 bits per heavy atom. The minimum Gasteiger partial charge on any atom is -0.481 e. The molecular weight excluding hydrogens is 228 g/mol. The van der Waals surface area contributed by atoms with Crippen molar-refractivity contribution in [2.24, 2.45) is 0 Å². The van der Waals surface area contributed by atoms with Crippen LogP contribution in [0, 0.1) is 0 Å². The average Bonchev–Trinajstić information content (AvgIpc) is 2.25. The molecule has 0 unspecified atom stereocenters. The average molecular weight is 248 g/mol. The van der Waals surface area contributed by atoms with E-state index < -0.39 is 11.9 Å². The number of carbonyl (C=O) groups is 2. The van der Waals surface area contributed by atoms with Crippen LogP contribution in [0.25, 0.3) is 0 Å². The molecule has 0 amide bonds. The quantitative estimate of drug-likeness (QED) is 0.503. The van der Waals surface area contributed by atoms with Gasteiger partial charge in [0.2, 0.25) is 0 Å². The van der Waals surface area contributed by atoms with E-state index in [-0.39, 0.29) is 26.1 Å². The maximum atomic E-state index is 10.1. The third kappa shape index (κ3) is 14.9. The topological polar surface area (TPSA) is 93.1 Å². The highest BCUT2D eigenvalue weighted by atomic mass is 16.5. The minimum atomic E-state index is -0.850. The number of rotatable bonds is 12. The molecule has 0 aromatic carbocycles. The van der Waals surface area contributed by atoms with Gasteiger partial charge < -0.3 is 19.7 Å². The molecule has 0 bridgehead atoms. The van der Waals surface area contributed by atoms with Crippen molar-refractivity contribution in [3.63, 3.8) is 0 Å². The van der Waals surface area contributed by atoms with E-state index in [4.69, 9.17) is 19.7 Å². The second-order valence-electron chi connectivity index (χ2n) is 3.57. The highest BCUT2D eigenvalue weighted by molar-refractivity contribution is 5.66. The lowest BCUT2D eigenvalue weighted by atomic mass is 10.2. The molecule has 0 aliphatic rings. The van der Waals surface area contributed by atoms with E-state index >= 15 is 0 Å². The first-order valence-electron chi connectivity index (χ1n) is 5.72. The van der Waals surface area contributed by atoms with Crippen molar-refractivity contribution in [1.29, 1.82) is 0 Å². The highest BCUT2D eigenvalue weighted by Gasteiger charge is 1.97. The van der Waals surface area contributed by atoms with E-state index in [0.717, 1.165) is 19.3 Å². The Bertz CT molecular complexity index is 194. The van der Waals surface area contributed by atoms with Crippen LogP contribution in [0.4, 0.5) is 0 Å². The molecule has 0 heterocycles. The predicted molar refractivity (Wildman–Crippen MR) is 60.0 cm³/mol. The van der Waals surface area contributed by atoms with Gasteiger partial charge in [-0.15, -0.1) is 0 Å². The van der Waals surface area contributed by atoms with Crippen molar-refractivity contribution in [1.82, 2.24) is 0 Å². The fraction of sp³-hybridized carbons (Fsp3) is 0.818. The zero-order valence-corrected chi connectivity index (χ0v) is 9.89. The SMILES string of the molecule is O=C(O)CCOCCCCCOCCC(=O)O. The molecule has 0 rings (SSSR count). The summed E-state index contributed by atoms with van der Waals surface area (Å²) >= 11 is 0. The molecule has 2 N–H and O–H groups in total. The van der Waals surface area contributed by atoms with E-state index in [1.54, 1.807) is 0 Å². The monoisotopic (exact) mass is 248 g/mol. The summed E-state index contributed by atoms with van der Waals surface area (Å²) < 4.78 is 10.2. The van der Waals surface area contributed by atoms with Crippen molar-refractivity contribution < 1.29 is 29.3 Å². The van der Waals surface area contributed by atoms with E-state index in [9.17, 15) is 9.59 Å². The number of aliphatic carboxylic acids is 2. The molecule has 0 aromatic heterocycles. The normalized spacial score (nSPS) is 10.4. The first-order chi connectivity index (χ1) is 8.13. The first-order valence-corrected chi connectivity index (χ1v) is 5.72. The lowest BCUT2D eigenvalue weighted by Gasteiger charge is -2.03. The number of hydrogen-bond donors (Lipinski definition) is 2. The summed E-state index contributed by atoms with van der Waals surface area (Å²) in [5.41, 5.74) is 0. The summed E-state index contributed by atoms with van der Waals surface area (Å²) in [6.45, 7) is 1.62. The van der Waals surface area contributed by atoms with Gasteiger partial charge in [0.05, 0.1) is 26.1 Å². The molecule has 0 saturated carbocycles. The Hall–Kier alpha value is -1.14. The summed E-state index contributed by atoms with van der Waals surface area (Å²) in [7, 11) is 0. The smallest absolute Gasteiger partial charge is 0.305 e. The van der Waals surface area contributed by atoms with Gasteiger partial charge in [0.15, 0.2) is 0 Å². The van der Waals surface area contributed by atoms with Crippen LogP contribution in [0.15, 0.2) is 0 Å². The van der Waals surface area contributed by atoms with Gasteiger partial charge in [-0.25, -0.2) is 0 Å². The van der Waals surface area contributed by atoms with Gasteiger partial charge in [-0.3, -0.25) is 9.59 Å². The molecule has 17 heavy (non-hydrogen) atoms. The standard InChI is InChI=1S/C11H20O6/c12-10(13)4-8-16-6-2-1-3-7-17-9-5-11(14)15/h1-9H2,(H,12,13)(H,14,15). The Balaban J connectivity index is 2.98. The summed E-state index contributed by atoms with van der Waals surface area (Å²) in [6.07, 6.45) is 2.74. The zero-order valence-electron chi connectivity index (χ0n) is 9.89. The summed E-state index contributed by atoms with van der Waals surface area (Å²) in [4.78, 5) is 20.3. The zero-order chi connectivity index (χ0) is 12.9. The fourth-order valence-corrected chi connectivity index (χ4v) is 1.11. The summed E-state index contributed by atoms with van der Waals surface area (Å²) in [6, 6.07) is 0. The van der Waals surface area contributed by atoms with Gasteiger partial charge in [0.1, 0.15) is 0 Å². The Morgan fingerprint density at radius 3 is 1.47 bits per heavy atom. The largest absolute Gasteiger partial charge is 0.481 e. The van der Waals surface area contributed by atoms with Crippen LogP contribution < -0.4 is 0 Å². The lowest BCUT2D eigenvalue weighted by Crippen LogP contribution is -2.05. The minimum absolute atomic E-state index is 0.0400. The van der Waals surface area contributed by atoms with Gasteiger partial charge in [0.25, 0.3) is 0 Å². The molecule has 6 nitrogen and oxygen atoms in total. The van der Waals surface area contributed by atoms with Gasteiger partial charge in [-0.05, 0) is 19.3 Å². The van der Waals surface area contributed by atoms with Gasteiger partial charge in [0, 0.05) is 13.2 Å². The lowest BCUT2D eigenvalue weighted by molar-refractivity contribution is -0.139. The van der Waals surface area contributed by atoms with Gasteiger partial charge in [-0.1, -0.05) is 0 Å². The molecule has 6 heteroatoms. The van der Waals surface area contributed by atoms with Crippen LogP contribution in [0.2, 0.25) is 0 Å². The highest BCUT2D eigenvalue weighted by Crippen LogP contribution is 1.97. The maximum Gasteiger partial charge on any atom is 0.305 e. The van der Waals surface area contributed by atoms with E-state index in [0.29, 0.717) is 13.2 Å². The van der Waals surface area contributed by atoms with E-state index in [1.165, 1.54) is 0 Å². The molecular formula is C11H20O6. The van der Waals surface area contributed by atoms with Gasteiger partial charge >= 0.3 is 11.9 Å². The van der Waals surface area contributed by atoms with Crippen LogP contribution >= 0.6 is 0 Å². The molecule has 0 fully saturated rings. The third-order valence-electron chi connectivity index (χ3n) is 2.00. The second kappa shape index (κ2) is 11.3. The molecule has 0 spiro atoms. The maximum absolute atomic E-state index is 10.1. The van der Waals surface area contributed by atoms with Crippen molar-refractivity contribution in [3.05, 3.63) is 0 Å². The number of carboxylic acid groups (broad SMARTS) is 2. The van der Waals surface area contributed by atoms with Gasteiger partial charge in [-0.2, -0.15) is 0 Å². The third-order valence-corrected chi connectivity index (χ3v) is 2.00. The van der Waals surface area contributed by atoms with Crippen LogP contribution in [-0.4, -0.2) is 48.6 Å². The Morgan fingerprint density at radius 1 is 0.706 bits per heavy atom. The van der Waals surface area contributed by atoms with Crippen LogP contribution in [0.1, 0.15) is 32.1 Å². The Kier molecular flexibility index (Phi) is 10.6. The second-order valence-corrected chi connectivity index (χ2v) is 3.57.